The number of hydrogen-bond acceptors (Lipinski definition) is 4. The smallest absolute Gasteiger partial charge is 0.256 e. The first-order valence-corrected chi connectivity index (χ1v) is 7.10. The van der Waals surface area contributed by atoms with Crippen LogP contribution in [0.15, 0.2) is 54.7 Å². The van der Waals surface area contributed by atoms with Crippen molar-refractivity contribution in [1.82, 2.24) is 4.98 Å². The zero-order chi connectivity index (χ0) is 16.2. The minimum absolute atomic E-state index is 0.227. The zero-order valence-electron chi connectivity index (χ0n) is 12.9. The third kappa shape index (κ3) is 2.81. The summed E-state index contributed by atoms with van der Waals surface area (Å²) in [4.78, 5) is 17.0. The molecule has 0 unspecified atom stereocenters. The number of methoxy groups -OCH3 is 2. The van der Waals surface area contributed by atoms with E-state index in [4.69, 9.17) is 9.47 Å². The molecular weight excluding hydrogens is 292 g/mol. The Bertz CT molecular complexity index is 862. The molecule has 0 atom stereocenters. The number of rotatable bonds is 4. The Labute approximate surface area is 133 Å². The molecule has 23 heavy (non-hydrogen) atoms. The maximum atomic E-state index is 12.7. The fourth-order valence-corrected chi connectivity index (χ4v) is 2.45. The Morgan fingerprint density at radius 2 is 1.74 bits per heavy atom. The van der Waals surface area contributed by atoms with Crippen molar-refractivity contribution >= 4 is 22.5 Å². The van der Waals surface area contributed by atoms with Gasteiger partial charge in [-0.25, -0.2) is 0 Å². The van der Waals surface area contributed by atoms with Gasteiger partial charge in [0.25, 0.3) is 5.91 Å². The van der Waals surface area contributed by atoms with Crippen LogP contribution in [0.5, 0.6) is 11.5 Å². The third-order valence-electron chi connectivity index (χ3n) is 3.55. The maximum absolute atomic E-state index is 12.7. The number of carbonyl (C=O) groups is 1. The van der Waals surface area contributed by atoms with Gasteiger partial charge >= 0.3 is 0 Å². The highest BCUT2D eigenvalue weighted by Crippen LogP contribution is 2.28. The summed E-state index contributed by atoms with van der Waals surface area (Å²) in [5.74, 6) is 1.02. The van der Waals surface area contributed by atoms with Crippen molar-refractivity contribution in [2.75, 3.05) is 19.5 Å². The number of para-hydroxylation sites is 2. The Morgan fingerprint density at radius 3 is 2.52 bits per heavy atom. The van der Waals surface area contributed by atoms with Crippen molar-refractivity contribution < 1.29 is 14.3 Å². The number of aromatic nitrogens is 1. The van der Waals surface area contributed by atoms with Crippen LogP contribution >= 0.6 is 0 Å². The minimum Gasteiger partial charge on any atom is -0.495 e. The summed E-state index contributed by atoms with van der Waals surface area (Å²) in [5.41, 5.74) is 1.80. The Kier molecular flexibility index (Phi) is 4.10. The summed E-state index contributed by atoms with van der Waals surface area (Å²) >= 11 is 0. The fraction of sp³-hybridized carbons (Fsp3) is 0.111. The first-order valence-electron chi connectivity index (χ1n) is 7.10. The molecule has 0 aliphatic carbocycles. The van der Waals surface area contributed by atoms with Gasteiger partial charge in [0, 0.05) is 17.1 Å². The molecule has 0 aliphatic rings. The third-order valence-corrected chi connectivity index (χ3v) is 3.55. The minimum atomic E-state index is -0.227. The molecule has 1 N–H and O–H groups in total. The van der Waals surface area contributed by atoms with E-state index in [0.717, 1.165) is 5.39 Å². The molecule has 0 bridgehead atoms. The van der Waals surface area contributed by atoms with Crippen molar-refractivity contribution in [1.29, 1.82) is 0 Å². The Balaban J connectivity index is 2.02. The summed E-state index contributed by atoms with van der Waals surface area (Å²) in [6.45, 7) is 0. The summed E-state index contributed by atoms with van der Waals surface area (Å²) in [6.07, 6.45) is 1.67. The molecule has 1 amide bonds. The summed E-state index contributed by atoms with van der Waals surface area (Å²) in [5, 5.41) is 3.61. The number of nitrogens with one attached hydrogen (secondary N) is 1. The van der Waals surface area contributed by atoms with E-state index in [0.29, 0.717) is 28.3 Å². The van der Waals surface area contributed by atoms with E-state index in [1.54, 1.807) is 50.7 Å². The summed E-state index contributed by atoms with van der Waals surface area (Å²) < 4.78 is 10.6. The second kappa shape index (κ2) is 6.36. The van der Waals surface area contributed by atoms with Gasteiger partial charge in [-0.3, -0.25) is 9.78 Å². The van der Waals surface area contributed by atoms with Crippen LogP contribution < -0.4 is 14.8 Å². The molecule has 0 saturated heterocycles. The number of ether oxygens (including phenoxy) is 2. The highest BCUT2D eigenvalue weighted by atomic mass is 16.5. The highest BCUT2D eigenvalue weighted by Gasteiger charge is 2.15. The van der Waals surface area contributed by atoms with E-state index in [2.05, 4.69) is 10.3 Å². The lowest BCUT2D eigenvalue weighted by Crippen LogP contribution is -2.13. The van der Waals surface area contributed by atoms with Crippen LogP contribution in [0.25, 0.3) is 10.9 Å². The van der Waals surface area contributed by atoms with Crippen molar-refractivity contribution in [2.45, 2.75) is 0 Å². The normalized spacial score (nSPS) is 10.3. The monoisotopic (exact) mass is 308 g/mol. The largest absolute Gasteiger partial charge is 0.495 e. The number of hydrogen-bond donors (Lipinski definition) is 1. The second-order valence-electron chi connectivity index (χ2n) is 4.87. The van der Waals surface area contributed by atoms with E-state index >= 15 is 0 Å². The Hall–Kier alpha value is -3.08. The number of pyridine rings is 1. The van der Waals surface area contributed by atoms with Gasteiger partial charge in [-0.15, -0.1) is 0 Å². The quantitative estimate of drug-likeness (QED) is 0.801. The number of amides is 1. The maximum Gasteiger partial charge on any atom is 0.256 e. The number of anilines is 1. The van der Waals surface area contributed by atoms with Gasteiger partial charge in [0.1, 0.15) is 17.0 Å². The van der Waals surface area contributed by atoms with Crippen LogP contribution in [-0.4, -0.2) is 25.1 Å². The lowest BCUT2D eigenvalue weighted by molar-refractivity contribution is 0.102. The molecular formula is C18H16N2O3. The SMILES string of the molecule is COc1ccccc1NC(=O)c1ccc(OC)c2ncccc12. The van der Waals surface area contributed by atoms with Crippen molar-refractivity contribution in [3.63, 3.8) is 0 Å². The van der Waals surface area contributed by atoms with Crippen LogP contribution in [0.3, 0.4) is 0 Å². The molecule has 5 heteroatoms. The highest BCUT2D eigenvalue weighted by molar-refractivity contribution is 6.13. The van der Waals surface area contributed by atoms with Crippen LogP contribution in [0, 0.1) is 0 Å². The summed E-state index contributed by atoms with van der Waals surface area (Å²) in [6, 6.07) is 14.4. The van der Waals surface area contributed by atoms with Crippen molar-refractivity contribution in [2.24, 2.45) is 0 Å². The van der Waals surface area contributed by atoms with Gasteiger partial charge in [0.05, 0.1) is 19.9 Å². The molecule has 2 aromatic carbocycles. The van der Waals surface area contributed by atoms with E-state index in [1.165, 1.54) is 0 Å². The molecule has 0 radical (unpaired) electrons. The predicted octanol–water partition coefficient (Wildman–Crippen LogP) is 3.50. The fourth-order valence-electron chi connectivity index (χ4n) is 2.45. The van der Waals surface area contributed by atoms with Crippen LogP contribution in [0.2, 0.25) is 0 Å². The number of benzene rings is 2. The molecule has 1 heterocycles. The molecule has 0 aliphatic heterocycles. The van der Waals surface area contributed by atoms with E-state index in [-0.39, 0.29) is 5.91 Å². The average Bonchev–Trinajstić information content (AvgIpc) is 2.61. The first-order chi connectivity index (χ1) is 11.2. The number of nitrogens with zero attached hydrogens (tertiary/aromatic N) is 1. The van der Waals surface area contributed by atoms with Gasteiger partial charge < -0.3 is 14.8 Å². The number of carbonyl (C=O) groups excluding carboxylic acids is 1. The van der Waals surface area contributed by atoms with E-state index in [1.807, 2.05) is 18.2 Å². The van der Waals surface area contributed by atoms with Crippen LogP contribution in [-0.2, 0) is 0 Å². The molecule has 3 rings (SSSR count). The van der Waals surface area contributed by atoms with Gasteiger partial charge in [-0.1, -0.05) is 18.2 Å². The molecule has 1 aromatic heterocycles. The molecule has 0 saturated carbocycles. The van der Waals surface area contributed by atoms with Crippen LogP contribution in [0.1, 0.15) is 10.4 Å². The van der Waals surface area contributed by atoms with E-state index in [9.17, 15) is 4.79 Å². The Morgan fingerprint density at radius 1 is 0.957 bits per heavy atom. The van der Waals surface area contributed by atoms with Crippen LogP contribution in [0.4, 0.5) is 5.69 Å². The van der Waals surface area contributed by atoms with Gasteiger partial charge in [-0.2, -0.15) is 0 Å². The van der Waals surface area contributed by atoms with Crippen molar-refractivity contribution in [3.8, 4) is 11.5 Å². The van der Waals surface area contributed by atoms with Gasteiger partial charge in [0.2, 0.25) is 0 Å². The first kappa shape index (κ1) is 14.8. The predicted molar refractivity (Wildman–Crippen MR) is 89.2 cm³/mol. The molecule has 0 spiro atoms. The van der Waals surface area contributed by atoms with Gasteiger partial charge in [0.15, 0.2) is 0 Å². The zero-order valence-corrected chi connectivity index (χ0v) is 12.9. The lowest BCUT2D eigenvalue weighted by atomic mass is 10.1. The summed E-state index contributed by atoms with van der Waals surface area (Å²) in [7, 11) is 3.15. The molecule has 0 fully saturated rings. The molecule has 116 valence electrons. The van der Waals surface area contributed by atoms with E-state index < -0.39 is 0 Å². The second-order valence-corrected chi connectivity index (χ2v) is 4.87. The molecule has 3 aromatic rings. The topological polar surface area (TPSA) is 60.5 Å². The van der Waals surface area contributed by atoms with Crippen molar-refractivity contribution in [3.05, 3.63) is 60.3 Å². The standard InChI is InChI=1S/C18H16N2O3/c1-22-15-8-4-3-7-14(15)20-18(21)13-9-10-16(23-2)17-12(13)6-5-11-19-17/h3-11H,1-2H3,(H,20,21). The van der Waals surface area contributed by atoms with Gasteiger partial charge in [-0.05, 0) is 30.3 Å². The number of fused-ring (bicyclic) bond motifs is 1. The average molecular weight is 308 g/mol. The molecule has 5 nitrogen and oxygen atoms in total. The lowest BCUT2D eigenvalue weighted by Gasteiger charge is -2.12.